The summed E-state index contributed by atoms with van der Waals surface area (Å²) in [7, 11) is 0. The number of nitrogens with two attached hydrogens (primary N) is 1. The number of rotatable bonds is 5. The van der Waals surface area contributed by atoms with E-state index in [1.54, 1.807) is 30.5 Å². The summed E-state index contributed by atoms with van der Waals surface area (Å²) in [5.74, 6) is 0.386. The van der Waals surface area contributed by atoms with Crippen LogP contribution in [0, 0.1) is 0 Å². The van der Waals surface area contributed by atoms with Crippen LogP contribution >= 0.6 is 0 Å². The first kappa shape index (κ1) is 12.9. The van der Waals surface area contributed by atoms with Gasteiger partial charge in [0.25, 0.3) is 5.91 Å². The van der Waals surface area contributed by atoms with Crippen molar-refractivity contribution in [2.75, 3.05) is 12.3 Å². The number of benzene rings is 1. The Balaban J connectivity index is 2.05. The third-order valence-electron chi connectivity index (χ3n) is 2.50. The first-order valence-corrected chi connectivity index (χ1v) is 5.99. The molecule has 2 rings (SSSR count). The van der Waals surface area contributed by atoms with Crippen LogP contribution in [-0.2, 0) is 6.54 Å². The number of carbonyl (C=O) groups is 1. The molecule has 0 aliphatic carbocycles. The van der Waals surface area contributed by atoms with Gasteiger partial charge in [-0.25, -0.2) is 0 Å². The van der Waals surface area contributed by atoms with E-state index >= 15 is 0 Å². The van der Waals surface area contributed by atoms with Crippen LogP contribution < -0.4 is 15.8 Å². The largest absolute Gasteiger partial charge is 0.494 e. The van der Waals surface area contributed by atoms with E-state index in [4.69, 9.17) is 10.5 Å². The van der Waals surface area contributed by atoms with Crippen LogP contribution in [0.25, 0.3) is 0 Å². The van der Waals surface area contributed by atoms with Gasteiger partial charge in [-0.2, -0.15) is 5.10 Å². The second-order valence-electron chi connectivity index (χ2n) is 3.99. The Morgan fingerprint density at radius 3 is 3.00 bits per heavy atom. The summed E-state index contributed by atoms with van der Waals surface area (Å²) in [6.45, 7) is 2.79. The summed E-state index contributed by atoms with van der Waals surface area (Å²) < 4.78 is 5.35. The molecule has 2 aromatic rings. The van der Waals surface area contributed by atoms with Crippen molar-refractivity contribution < 1.29 is 9.53 Å². The highest BCUT2D eigenvalue weighted by molar-refractivity contribution is 5.95. The van der Waals surface area contributed by atoms with Crippen LogP contribution in [0.15, 0.2) is 30.5 Å². The molecule has 0 atom stereocenters. The monoisotopic (exact) mass is 260 g/mol. The average Bonchev–Trinajstić information content (AvgIpc) is 2.88. The minimum atomic E-state index is -0.206. The SMILES string of the molecule is CCOc1cc(N)cc(C(=O)NCc2ccn[nH]2)c1. The normalized spacial score (nSPS) is 10.2. The molecule has 1 aromatic carbocycles. The molecule has 0 radical (unpaired) electrons. The molecule has 1 aromatic heterocycles. The van der Waals surface area contributed by atoms with Crippen LogP contribution in [0.2, 0.25) is 0 Å². The number of amides is 1. The number of hydrogen-bond donors (Lipinski definition) is 3. The Morgan fingerprint density at radius 1 is 1.47 bits per heavy atom. The zero-order chi connectivity index (χ0) is 13.7. The van der Waals surface area contributed by atoms with Gasteiger partial charge in [0.1, 0.15) is 5.75 Å². The molecule has 0 saturated carbocycles. The Bertz CT molecular complexity index is 552. The highest BCUT2D eigenvalue weighted by Crippen LogP contribution is 2.18. The third-order valence-corrected chi connectivity index (χ3v) is 2.50. The van der Waals surface area contributed by atoms with Gasteiger partial charge < -0.3 is 15.8 Å². The van der Waals surface area contributed by atoms with Crippen LogP contribution in [0.4, 0.5) is 5.69 Å². The highest BCUT2D eigenvalue weighted by atomic mass is 16.5. The summed E-state index contributed by atoms with van der Waals surface area (Å²) >= 11 is 0. The number of nitrogen functional groups attached to an aromatic ring is 1. The number of hydrogen-bond acceptors (Lipinski definition) is 4. The minimum absolute atomic E-state index is 0.206. The van der Waals surface area contributed by atoms with Crippen LogP contribution in [0.5, 0.6) is 5.75 Å². The molecule has 6 heteroatoms. The molecule has 0 bridgehead atoms. The van der Waals surface area contributed by atoms with E-state index in [0.29, 0.717) is 30.2 Å². The summed E-state index contributed by atoms with van der Waals surface area (Å²) in [4.78, 5) is 12.0. The molecule has 0 saturated heterocycles. The smallest absolute Gasteiger partial charge is 0.251 e. The summed E-state index contributed by atoms with van der Waals surface area (Å²) in [5, 5.41) is 9.36. The number of ether oxygens (including phenoxy) is 1. The van der Waals surface area contributed by atoms with E-state index < -0.39 is 0 Å². The minimum Gasteiger partial charge on any atom is -0.494 e. The number of H-pyrrole nitrogens is 1. The second-order valence-corrected chi connectivity index (χ2v) is 3.99. The summed E-state index contributed by atoms with van der Waals surface area (Å²) in [6, 6.07) is 6.77. The number of aromatic amines is 1. The maximum absolute atomic E-state index is 12.0. The van der Waals surface area contributed by atoms with E-state index in [9.17, 15) is 4.79 Å². The lowest BCUT2D eigenvalue weighted by molar-refractivity contribution is 0.0950. The van der Waals surface area contributed by atoms with Gasteiger partial charge in [-0.1, -0.05) is 0 Å². The van der Waals surface area contributed by atoms with Gasteiger partial charge in [-0.3, -0.25) is 9.89 Å². The van der Waals surface area contributed by atoms with Gasteiger partial charge in [-0.05, 0) is 25.1 Å². The highest BCUT2D eigenvalue weighted by Gasteiger charge is 2.08. The molecule has 100 valence electrons. The van der Waals surface area contributed by atoms with Crippen molar-refractivity contribution >= 4 is 11.6 Å². The fourth-order valence-corrected chi connectivity index (χ4v) is 1.66. The van der Waals surface area contributed by atoms with E-state index in [2.05, 4.69) is 15.5 Å². The van der Waals surface area contributed by atoms with Crippen LogP contribution in [0.1, 0.15) is 23.0 Å². The lowest BCUT2D eigenvalue weighted by Gasteiger charge is -2.08. The fourth-order valence-electron chi connectivity index (χ4n) is 1.66. The van der Waals surface area contributed by atoms with Gasteiger partial charge in [0, 0.05) is 23.5 Å². The molecule has 1 amide bonds. The van der Waals surface area contributed by atoms with Crippen molar-refractivity contribution in [3.05, 3.63) is 41.7 Å². The van der Waals surface area contributed by atoms with Gasteiger partial charge in [-0.15, -0.1) is 0 Å². The predicted octanol–water partition coefficient (Wildman–Crippen LogP) is 1.32. The maximum atomic E-state index is 12.0. The molecule has 4 N–H and O–H groups in total. The topological polar surface area (TPSA) is 93.0 Å². The average molecular weight is 260 g/mol. The Kier molecular flexibility index (Phi) is 4.02. The van der Waals surface area contributed by atoms with Crippen LogP contribution in [0.3, 0.4) is 0 Å². The number of nitrogens with zero attached hydrogens (tertiary/aromatic N) is 1. The molecule has 1 heterocycles. The Morgan fingerprint density at radius 2 is 2.32 bits per heavy atom. The van der Waals surface area contributed by atoms with E-state index in [1.165, 1.54) is 0 Å². The van der Waals surface area contributed by atoms with Crippen molar-refractivity contribution in [2.45, 2.75) is 13.5 Å². The van der Waals surface area contributed by atoms with Crippen molar-refractivity contribution in [2.24, 2.45) is 0 Å². The Labute approximate surface area is 111 Å². The number of carbonyl (C=O) groups excluding carboxylic acids is 1. The van der Waals surface area contributed by atoms with E-state index in [0.717, 1.165) is 5.69 Å². The third kappa shape index (κ3) is 3.48. The molecule has 19 heavy (non-hydrogen) atoms. The number of nitrogens with one attached hydrogen (secondary N) is 2. The maximum Gasteiger partial charge on any atom is 0.251 e. The molecule has 0 unspecified atom stereocenters. The molecule has 6 nitrogen and oxygen atoms in total. The number of anilines is 1. The van der Waals surface area contributed by atoms with E-state index in [1.807, 2.05) is 6.92 Å². The standard InChI is InChI=1S/C13H16N4O2/c1-2-19-12-6-9(5-10(14)7-12)13(18)15-8-11-3-4-16-17-11/h3-7H,2,8,14H2,1H3,(H,15,18)(H,16,17). The van der Waals surface area contributed by atoms with Gasteiger partial charge in [0.15, 0.2) is 0 Å². The zero-order valence-corrected chi connectivity index (χ0v) is 10.6. The lowest BCUT2D eigenvalue weighted by Crippen LogP contribution is -2.23. The first-order chi connectivity index (χ1) is 9.19. The van der Waals surface area contributed by atoms with Crippen molar-refractivity contribution in [1.29, 1.82) is 0 Å². The van der Waals surface area contributed by atoms with Gasteiger partial charge in [0.05, 0.1) is 18.8 Å². The van der Waals surface area contributed by atoms with Gasteiger partial charge >= 0.3 is 0 Å². The zero-order valence-electron chi connectivity index (χ0n) is 10.6. The van der Waals surface area contributed by atoms with Gasteiger partial charge in [0.2, 0.25) is 0 Å². The molecule has 0 spiro atoms. The van der Waals surface area contributed by atoms with E-state index in [-0.39, 0.29) is 5.91 Å². The second kappa shape index (κ2) is 5.90. The molecule has 0 fully saturated rings. The Hall–Kier alpha value is -2.50. The number of aromatic nitrogens is 2. The molecule has 0 aliphatic heterocycles. The first-order valence-electron chi connectivity index (χ1n) is 5.99. The van der Waals surface area contributed by atoms with Crippen molar-refractivity contribution in [3.63, 3.8) is 0 Å². The fraction of sp³-hybridized carbons (Fsp3) is 0.231. The summed E-state index contributed by atoms with van der Waals surface area (Å²) in [5.41, 5.74) is 7.55. The predicted molar refractivity (Wildman–Crippen MR) is 71.8 cm³/mol. The molecular formula is C13H16N4O2. The van der Waals surface area contributed by atoms with Crippen LogP contribution in [-0.4, -0.2) is 22.7 Å². The molecular weight excluding hydrogens is 244 g/mol. The lowest BCUT2D eigenvalue weighted by atomic mass is 10.1. The molecule has 0 aliphatic rings. The van der Waals surface area contributed by atoms with Crippen molar-refractivity contribution in [1.82, 2.24) is 15.5 Å². The summed E-state index contributed by atoms with van der Waals surface area (Å²) in [6.07, 6.45) is 1.63. The van der Waals surface area contributed by atoms with Crippen molar-refractivity contribution in [3.8, 4) is 5.75 Å². The quantitative estimate of drug-likeness (QED) is 0.707.